The number of nitrogens with zero attached hydrogens (tertiary/aromatic N) is 1. The maximum absolute atomic E-state index is 5.39. The van der Waals surface area contributed by atoms with Crippen molar-refractivity contribution in [1.82, 2.24) is 0 Å². The minimum absolute atomic E-state index is 0. The Morgan fingerprint density at radius 1 is 1.15 bits per heavy atom. The molecule has 0 aliphatic carbocycles. The summed E-state index contributed by atoms with van der Waals surface area (Å²) in [4.78, 5) is 5.01. The van der Waals surface area contributed by atoms with Gasteiger partial charge in [-0.25, -0.2) is 0 Å². The second-order valence-electron chi connectivity index (χ2n) is 5.53. The summed E-state index contributed by atoms with van der Waals surface area (Å²) in [6.45, 7) is 3.20. The number of methoxy groups -OCH3 is 1. The van der Waals surface area contributed by atoms with E-state index in [1.807, 2.05) is 11.3 Å². The predicted molar refractivity (Wildman–Crippen MR) is 109 cm³/mol. The SMILES string of the molecule is CC[n+]1c(/C=C/c2ccc(-c3ccc[se]3)s2)[se]c2ccc(OC)cc21.[I-]. The fourth-order valence-corrected chi connectivity index (χ4v) is 7.83. The normalized spacial score (nSPS) is 11.2. The minimum Gasteiger partial charge on any atom is -1.00 e. The molecule has 0 fully saturated rings. The van der Waals surface area contributed by atoms with Crippen LogP contribution in [0, 0.1) is 0 Å². The molecule has 2 nitrogen and oxygen atoms in total. The molecule has 4 aromatic rings. The zero-order valence-corrected chi connectivity index (χ0v) is 20.8. The fourth-order valence-electron chi connectivity index (χ4n) is 2.81. The Kier molecular flexibility index (Phi) is 7.00. The Morgan fingerprint density at radius 2 is 2.04 bits per heavy atom. The van der Waals surface area contributed by atoms with Gasteiger partial charge in [-0.2, -0.15) is 0 Å². The zero-order valence-electron chi connectivity index (χ0n) is 14.4. The molecule has 0 atom stereocenters. The van der Waals surface area contributed by atoms with Crippen LogP contribution in [0.4, 0.5) is 0 Å². The Balaban J connectivity index is 0.00000196. The Hall–Kier alpha value is -0.621. The summed E-state index contributed by atoms with van der Waals surface area (Å²) >= 11 is 2.75. The van der Waals surface area contributed by atoms with E-state index in [1.54, 1.807) is 7.11 Å². The van der Waals surface area contributed by atoms with Gasteiger partial charge < -0.3 is 24.0 Å². The van der Waals surface area contributed by atoms with Crippen molar-refractivity contribution < 1.29 is 33.3 Å². The minimum atomic E-state index is 0. The van der Waals surface area contributed by atoms with Crippen LogP contribution in [-0.2, 0) is 6.54 Å². The second-order valence-corrected chi connectivity index (χ2v) is 10.9. The third-order valence-corrected chi connectivity index (χ3v) is 9.68. The molecule has 1 aromatic carbocycles. The Morgan fingerprint density at radius 3 is 2.77 bits per heavy atom. The molecule has 6 heteroatoms. The number of rotatable bonds is 5. The number of halogens is 1. The largest absolute Gasteiger partial charge is 1.00 e. The molecule has 0 amide bonds. The average molecular weight is 605 g/mol. The summed E-state index contributed by atoms with van der Waals surface area (Å²) < 4.78 is 12.1. The van der Waals surface area contributed by atoms with Crippen LogP contribution >= 0.6 is 11.3 Å². The van der Waals surface area contributed by atoms with Crippen LogP contribution in [0.5, 0.6) is 5.75 Å². The average Bonchev–Trinajstić information content (AvgIpc) is 3.37. The van der Waals surface area contributed by atoms with Crippen molar-refractivity contribution in [3.05, 3.63) is 56.8 Å². The molecule has 0 saturated heterocycles. The Labute approximate surface area is 186 Å². The van der Waals surface area contributed by atoms with Crippen LogP contribution in [-0.4, -0.2) is 36.1 Å². The molecule has 4 rings (SSSR count). The predicted octanol–water partition coefficient (Wildman–Crippen LogP) is 1.17. The zero-order chi connectivity index (χ0) is 17.2. The van der Waals surface area contributed by atoms with Gasteiger partial charge in [0.05, 0.1) is 0 Å². The van der Waals surface area contributed by atoms with E-state index in [4.69, 9.17) is 4.74 Å². The molecule has 3 aromatic heterocycles. The van der Waals surface area contributed by atoms with Gasteiger partial charge in [-0.15, -0.1) is 0 Å². The molecule has 0 bridgehead atoms. The van der Waals surface area contributed by atoms with Gasteiger partial charge in [0.25, 0.3) is 0 Å². The summed E-state index contributed by atoms with van der Waals surface area (Å²) in [5.74, 6) is 0.932. The maximum atomic E-state index is 5.39. The second kappa shape index (κ2) is 9.05. The molecule has 0 unspecified atom stereocenters. The molecule has 0 N–H and O–H groups in total. The van der Waals surface area contributed by atoms with Gasteiger partial charge in [-0.3, -0.25) is 0 Å². The van der Waals surface area contributed by atoms with Gasteiger partial charge >= 0.3 is 164 Å². The molecule has 0 spiro atoms. The molecule has 26 heavy (non-hydrogen) atoms. The number of aromatic nitrogens is 1. The van der Waals surface area contributed by atoms with Gasteiger partial charge in [-0.1, -0.05) is 0 Å². The van der Waals surface area contributed by atoms with Crippen molar-refractivity contribution in [2.75, 3.05) is 7.11 Å². The van der Waals surface area contributed by atoms with Crippen molar-refractivity contribution in [3.63, 3.8) is 0 Å². The number of benzene rings is 1. The Bertz CT molecular complexity index is 1030. The first kappa shape index (κ1) is 20.1. The molecule has 134 valence electrons. The molecule has 0 saturated carbocycles. The van der Waals surface area contributed by atoms with E-state index >= 15 is 0 Å². The fraction of sp³-hybridized carbons (Fsp3) is 0.150. The van der Waals surface area contributed by atoms with Crippen LogP contribution < -0.4 is 33.3 Å². The smallest absolute Gasteiger partial charge is 1.00 e. The van der Waals surface area contributed by atoms with Crippen LogP contribution in [0.3, 0.4) is 0 Å². The number of aryl methyl sites for hydroxylation is 1. The standard InChI is InChI=1S/C20H18NOSSe2.HI/c1-3-21-16-13-14(22-2)6-10-18(16)25-20(21)11-8-15-7-9-17(23-15)19-5-4-12-24-19;/h4-13H,3H2,1-2H3;1H/q+1;/p-1/b11-8+;. The summed E-state index contributed by atoms with van der Waals surface area (Å²) in [7, 11) is 1.73. The van der Waals surface area contributed by atoms with Crippen molar-refractivity contribution in [2.45, 2.75) is 13.5 Å². The van der Waals surface area contributed by atoms with E-state index in [-0.39, 0.29) is 24.0 Å². The first-order valence-electron chi connectivity index (χ1n) is 8.10. The number of hydrogen-bond donors (Lipinski definition) is 0. The molecule has 0 aliphatic rings. The number of fused-ring (bicyclic) bond motifs is 1. The van der Waals surface area contributed by atoms with E-state index in [0.717, 1.165) is 12.3 Å². The van der Waals surface area contributed by atoms with E-state index in [1.165, 1.54) is 28.5 Å². The van der Waals surface area contributed by atoms with Gasteiger partial charge in [0.1, 0.15) is 0 Å². The third kappa shape index (κ3) is 4.11. The van der Waals surface area contributed by atoms with Gasteiger partial charge in [-0.05, 0) is 0 Å². The van der Waals surface area contributed by atoms with Crippen molar-refractivity contribution in [2.24, 2.45) is 0 Å². The quantitative estimate of drug-likeness (QED) is 0.189. The molecular weight excluding hydrogens is 587 g/mol. The summed E-state index contributed by atoms with van der Waals surface area (Å²) in [6, 6.07) is 15.4. The third-order valence-electron chi connectivity index (χ3n) is 4.03. The van der Waals surface area contributed by atoms with E-state index in [2.05, 4.69) is 71.0 Å². The first-order valence-corrected chi connectivity index (χ1v) is 12.5. The molecule has 3 heterocycles. The first-order chi connectivity index (χ1) is 12.3. The van der Waals surface area contributed by atoms with E-state index < -0.39 is 0 Å². The van der Waals surface area contributed by atoms with Crippen molar-refractivity contribution in [1.29, 1.82) is 0 Å². The summed E-state index contributed by atoms with van der Waals surface area (Å²) in [5.41, 5.74) is 1.30. The molecule has 0 aliphatic heterocycles. The topological polar surface area (TPSA) is 13.1 Å². The number of hydrogen-bond acceptors (Lipinski definition) is 2. The van der Waals surface area contributed by atoms with Gasteiger partial charge in [0.2, 0.25) is 0 Å². The molecular formula is C20H18INOSSe2. The molecule has 0 radical (unpaired) electrons. The van der Waals surface area contributed by atoms with Crippen LogP contribution in [0.2, 0.25) is 0 Å². The van der Waals surface area contributed by atoms with Crippen molar-refractivity contribution >= 4 is 62.3 Å². The number of ether oxygens (including phenoxy) is 1. The summed E-state index contributed by atoms with van der Waals surface area (Å²) in [5, 5.41) is 0. The van der Waals surface area contributed by atoms with Gasteiger partial charge in [0.15, 0.2) is 0 Å². The van der Waals surface area contributed by atoms with E-state index in [9.17, 15) is 0 Å². The van der Waals surface area contributed by atoms with Crippen LogP contribution in [0.15, 0.2) is 47.4 Å². The van der Waals surface area contributed by atoms with Gasteiger partial charge in [0, 0.05) is 0 Å². The maximum Gasteiger partial charge on any atom is -1.00 e. The number of thiophene rings is 1. The van der Waals surface area contributed by atoms with Crippen LogP contribution in [0.1, 0.15) is 16.4 Å². The van der Waals surface area contributed by atoms with Crippen molar-refractivity contribution in [3.8, 4) is 15.1 Å². The van der Waals surface area contributed by atoms with Crippen LogP contribution in [0.25, 0.3) is 31.2 Å². The monoisotopic (exact) mass is 607 g/mol. The summed E-state index contributed by atoms with van der Waals surface area (Å²) in [6.07, 6.45) is 4.57. The van der Waals surface area contributed by atoms with E-state index in [0.29, 0.717) is 29.0 Å².